The summed E-state index contributed by atoms with van der Waals surface area (Å²) in [6, 6.07) is 3.10. The molecule has 1 aliphatic rings. The molecule has 1 amide bonds. The molecule has 6 nitrogen and oxygen atoms in total. The molecule has 0 saturated carbocycles. The Balaban J connectivity index is 0.00000264. The number of piperazine rings is 1. The minimum Gasteiger partial charge on any atom is -0.340 e. The molecule has 1 unspecified atom stereocenters. The van der Waals surface area contributed by atoms with Crippen molar-refractivity contribution in [2.75, 3.05) is 39.8 Å². The molecular weight excluding hydrogens is 381 g/mol. The van der Waals surface area contributed by atoms with Crippen LogP contribution < -0.4 is 5.32 Å². The van der Waals surface area contributed by atoms with Gasteiger partial charge in [0.15, 0.2) is 0 Å². The van der Waals surface area contributed by atoms with Crippen LogP contribution in [0.1, 0.15) is 6.92 Å². The van der Waals surface area contributed by atoms with Crippen molar-refractivity contribution in [1.29, 1.82) is 0 Å². The van der Waals surface area contributed by atoms with Gasteiger partial charge in [-0.3, -0.25) is 4.79 Å². The van der Waals surface area contributed by atoms with Crippen LogP contribution in [-0.4, -0.2) is 63.3 Å². The first kappa shape index (κ1) is 20.7. The van der Waals surface area contributed by atoms with Gasteiger partial charge in [0.2, 0.25) is 5.91 Å². The highest BCUT2D eigenvalue weighted by molar-refractivity contribution is 7.91. The smallest absolute Gasteiger partial charge is 0.252 e. The fourth-order valence-electron chi connectivity index (χ4n) is 2.42. The summed E-state index contributed by atoms with van der Waals surface area (Å²) in [4.78, 5) is 14.0. The Hall–Kier alpha value is -0.380. The predicted octanol–water partition coefficient (Wildman–Crippen LogP) is 1.51. The van der Waals surface area contributed by atoms with Crippen LogP contribution in [0, 0.1) is 5.92 Å². The van der Waals surface area contributed by atoms with Crippen LogP contribution in [-0.2, 0) is 14.8 Å². The molecule has 23 heavy (non-hydrogen) atoms. The summed E-state index contributed by atoms with van der Waals surface area (Å²) in [7, 11) is -1.70. The van der Waals surface area contributed by atoms with Crippen molar-refractivity contribution in [2.24, 2.45) is 5.92 Å². The number of rotatable bonds is 5. The molecule has 0 aliphatic carbocycles. The van der Waals surface area contributed by atoms with E-state index < -0.39 is 10.0 Å². The first-order valence-corrected chi connectivity index (χ1v) is 9.68. The average Bonchev–Trinajstić information content (AvgIpc) is 2.94. The maximum absolute atomic E-state index is 12.5. The number of halogens is 2. The second kappa shape index (κ2) is 8.64. The number of thiophene rings is 1. The van der Waals surface area contributed by atoms with Gasteiger partial charge in [0.1, 0.15) is 4.21 Å². The third kappa shape index (κ3) is 4.80. The molecule has 1 atom stereocenters. The van der Waals surface area contributed by atoms with E-state index in [4.69, 9.17) is 11.6 Å². The lowest BCUT2D eigenvalue weighted by Gasteiger charge is -2.35. The molecule has 132 valence electrons. The van der Waals surface area contributed by atoms with E-state index in [1.807, 2.05) is 6.92 Å². The van der Waals surface area contributed by atoms with Gasteiger partial charge in [-0.15, -0.1) is 23.7 Å². The van der Waals surface area contributed by atoms with Gasteiger partial charge in [-0.1, -0.05) is 18.5 Å². The summed E-state index contributed by atoms with van der Waals surface area (Å²) in [5, 5.41) is 2.98. The summed E-state index contributed by atoms with van der Waals surface area (Å²) >= 11 is 6.87. The van der Waals surface area contributed by atoms with E-state index in [0.717, 1.165) is 11.3 Å². The maximum Gasteiger partial charge on any atom is 0.252 e. The van der Waals surface area contributed by atoms with E-state index in [9.17, 15) is 13.2 Å². The lowest BCUT2D eigenvalue weighted by atomic mass is 10.1. The summed E-state index contributed by atoms with van der Waals surface area (Å²) in [6.07, 6.45) is 0. The second-order valence-corrected chi connectivity index (χ2v) is 9.13. The van der Waals surface area contributed by atoms with E-state index >= 15 is 0 Å². The molecule has 0 bridgehead atoms. The van der Waals surface area contributed by atoms with Gasteiger partial charge in [-0.05, 0) is 19.2 Å². The number of nitrogens with zero attached hydrogens (tertiary/aromatic N) is 2. The summed E-state index contributed by atoms with van der Waals surface area (Å²) < 4.78 is 27.1. The molecule has 1 fully saturated rings. The normalized spacial score (nSPS) is 17.6. The zero-order valence-corrected chi connectivity index (χ0v) is 16.2. The fraction of sp³-hybridized carbons (Fsp3) is 0.615. The van der Waals surface area contributed by atoms with Crippen LogP contribution in [0.15, 0.2) is 16.3 Å². The zero-order valence-electron chi connectivity index (χ0n) is 13.0. The standard InChI is InChI=1S/C13H20ClN3O3S2.ClH/c1-10(9-15-2)13(18)16-5-7-17(8-6-16)22(19,20)12-4-3-11(14)21-12;/h3-4,10,15H,5-9H2,1-2H3;1H. The first-order valence-electron chi connectivity index (χ1n) is 7.05. The number of nitrogens with one attached hydrogen (secondary N) is 1. The Labute approximate surface area is 152 Å². The van der Waals surface area contributed by atoms with Gasteiger partial charge >= 0.3 is 0 Å². The van der Waals surface area contributed by atoms with Gasteiger partial charge < -0.3 is 10.2 Å². The van der Waals surface area contributed by atoms with Gasteiger partial charge in [0, 0.05) is 38.6 Å². The van der Waals surface area contributed by atoms with Gasteiger partial charge in [-0.2, -0.15) is 4.31 Å². The van der Waals surface area contributed by atoms with Crippen molar-refractivity contribution in [3.8, 4) is 0 Å². The lowest BCUT2D eigenvalue weighted by molar-refractivity contribution is -0.136. The van der Waals surface area contributed by atoms with E-state index in [-0.39, 0.29) is 28.4 Å². The average molecular weight is 402 g/mol. The van der Waals surface area contributed by atoms with Crippen LogP contribution in [0.2, 0.25) is 4.34 Å². The first-order chi connectivity index (χ1) is 10.4. The van der Waals surface area contributed by atoms with Gasteiger partial charge in [0.05, 0.1) is 4.34 Å². The van der Waals surface area contributed by atoms with E-state index in [0.29, 0.717) is 37.1 Å². The Morgan fingerprint density at radius 1 is 1.35 bits per heavy atom. The molecule has 1 saturated heterocycles. The molecule has 0 spiro atoms. The molecule has 10 heteroatoms. The SMILES string of the molecule is CNCC(C)C(=O)N1CCN(S(=O)(=O)c2ccc(Cl)s2)CC1.Cl. The minimum absolute atomic E-state index is 0. The van der Waals surface area contributed by atoms with E-state index in [1.165, 1.54) is 10.4 Å². The summed E-state index contributed by atoms with van der Waals surface area (Å²) in [5.74, 6) is -0.0465. The van der Waals surface area contributed by atoms with E-state index in [1.54, 1.807) is 18.0 Å². The van der Waals surface area contributed by atoms with Crippen molar-refractivity contribution in [3.05, 3.63) is 16.5 Å². The molecule has 0 radical (unpaired) electrons. The molecule has 1 aromatic rings. The van der Waals surface area contributed by atoms with Crippen LogP contribution in [0.5, 0.6) is 0 Å². The topological polar surface area (TPSA) is 69.7 Å². The van der Waals surface area contributed by atoms with Crippen LogP contribution >= 0.6 is 35.3 Å². The van der Waals surface area contributed by atoms with Gasteiger partial charge in [-0.25, -0.2) is 8.42 Å². The number of amides is 1. The van der Waals surface area contributed by atoms with Crippen LogP contribution in [0.3, 0.4) is 0 Å². The molecular formula is C13H21Cl2N3O3S2. The molecule has 2 rings (SSSR count). The Kier molecular flexibility index (Phi) is 7.76. The molecule has 2 heterocycles. The Morgan fingerprint density at radius 2 is 1.96 bits per heavy atom. The molecule has 1 aromatic heterocycles. The summed E-state index contributed by atoms with van der Waals surface area (Å²) in [6.45, 7) is 3.96. The van der Waals surface area contributed by atoms with Crippen molar-refractivity contribution < 1.29 is 13.2 Å². The van der Waals surface area contributed by atoms with Crippen molar-refractivity contribution in [3.63, 3.8) is 0 Å². The number of hydrogen-bond donors (Lipinski definition) is 1. The maximum atomic E-state index is 12.5. The lowest BCUT2D eigenvalue weighted by Crippen LogP contribution is -2.52. The Bertz CT molecular complexity index is 628. The number of hydrogen-bond acceptors (Lipinski definition) is 5. The highest BCUT2D eigenvalue weighted by Gasteiger charge is 2.32. The predicted molar refractivity (Wildman–Crippen MR) is 95.0 cm³/mol. The third-order valence-electron chi connectivity index (χ3n) is 3.62. The number of carbonyl (C=O) groups is 1. The minimum atomic E-state index is -3.50. The number of carbonyl (C=O) groups excluding carboxylic acids is 1. The van der Waals surface area contributed by atoms with Crippen molar-refractivity contribution in [2.45, 2.75) is 11.1 Å². The van der Waals surface area contributed by atoms with Crippen LogP contribution in [0.4, 0.5) is 0 Å². The monoisotopic (exact) mass is 401 g/mol. The Morgan fingerprint density at radius 3 is 2.43 bits per heavy atom. The zero-order chi connectivity index (χ0) is 16.3. The summed E-state index contributed by atoms with van der Waals surface area (Å²) in [5.41, 5.74) is 0. The second-order valence-electron chi connectivity index (χ2n) is 5.25. The van der Waals surface area contributed by atoms with Gasteiger partial charge in [0.25, 0.3) is 10.0 Å². The quantitative estimate of drug-likeness (QED) is 0.811. The third-order valence-corrected chi connectivity index (χ3v) is 7.22. The number of sulfonamides is 1. The van der Waals surface area contributed by atoms with Crippen molar-refractivity contribution in [1.82, 2.24) is 14.5 Å². The largest absolute Gasteiger partial charge is 0.340 e. The van der Waals surface area contributed by atoms with Crippen molar-refractivity contribution >= 4 is 51.3 Å². The molecule has 1 aliphatic heterocycles. The van der Waals surface area contributed by atoms with E-state index in [2.05, 4.69) is 5.32 Å². The molecule has 0 aromatic carbocycles. The highest BCUT2D eigenvalue weighted by Crippen LogP contribution is 2.28. The highest BCUT2D eigenvalue weighted by atomic mass is 35.5. The van der Waals surface area contributed by atoms with Crippen LogP contribution in [0.25, 0.3) is 0 Å². The molecule has 1 N–H and O–H groups in total. The fourth-order valence-corrected chi connectivity index (χ4v) is 5.48.